The molecule has 42 heavy (non-hydrogen) atoms. The maximum Gasteiger partial charge on any atom is 0.416 e. The van der Waals surface area contributed by atoms with Crippen LogP contribution in [0.15, 0.2) is 145 Å². The van der Waals surface area contributed by atoms with Crippen molar-refractivity contribution in [3.8, 4) is 33.4 Å². The van der Waals surface area contributed by atoms with Crippen LogP contribution in [0, 0.1) is 0 Å². The average molecular weight is 574 g/mol. The Morgan fingerprint density at radius 2 is 1.17 bits per heavy atom. The normalized spacial score (nSPS) is 11.5. The SMILES string of the molecule is C=C(Sc1ccccc1N)c1ccc(-c2cccc(-c3ccc(-c4cccc(C(F)(F)F)c4)cc3)c2)c2ccccc12. The van der Waals surface area contributed by atoms with Crippen molar-refractivity contribution in [1.82, 2.24) is 0 Å². The standard InChI is InChI=1S/C37H26F3NS/c1-24(42-36-15-5-4-14-35(36)41)31-20-21-32(34-13-3-2-12-33(31)34)29-10-6-8-27(22-29)25-16-18-26(19-17-25)28-9-7-11-30(23-28)37(38,39)40/h2-23H,1,41H2. The molecule has 0 saturated heterocycles. The summed E-state index contributed by atoms with van der Waals surface area (Å²) in [4.78, 5) is 1.90. The zero-order valence-corrected chi connectivity index (χ0v) is 23.3. The summed E-state index contributed by atoms with van der Waals surface area (Å²) in [6.07, 6.45) is -4.37. The number of nitrogens with two attached hydrogens (primary N) is 1. The molecule has 6 aromatic carbocycles. The van der Waals surface area contributed by atoms with Crippen LogP contribution in [0.4, 0.5) is 18.9 Å². The molecule has 0 atom stereocenters. The van der Waals surface area contributed by atoms with Gasteiger partial charge in [-0.25, -0.2) is 0 Å². The highest BCUT2D eigenvalue weighted by molar-refractivity contribution is 8.08. The number of anilines is 1. The summed E-state index contributed by atoms with van der Waals surface area (Å²) in [5.74, 6) is 0. The lowest BCUT2D eigenvalue weighted by Gasteiger charge is -2.15. The maximum atomic E-state index is 13.2. The molecule has 5 heteroatoms. The molecule has 0 fully saturated rings. The first-order chi connectivity index (χ1) is 20.3. The van der Waals surface area contributed by atoms with E-state index in [2.05, 4.69) is 43.0 Å². The first-order valence-electron chi connectivity index (χ1n) is 13.4. The zero-order valence-electron chi connectivity index (χ0n) is 22.5. The molecule has 0 aliphatic rings. The van der Waals surface area contributed by atoms with Crippen molar-refractivity contribution < 1.29 is 13.2 Å². The highest BCUT2D eigenvalue weighted by Crippen LogP contribution is 2.41. The molecular formula is C37H26F3NS. The Balaban J connectivity index is 1.32. The quantitative estimate of drug-likeness (QED) is 0.158. The summed E-state index contributed by atoms with van der Waals surface area (Å²) in [5, 5.41) is 2.23. The molecule has 2 N–H and O–H groups in total. The van der Waals surface area contributed by atoms with Gasteiger partial charge < -0.3 is 5.73 Å². The molecule has 0 bridgehead atoms. The zero-order chi connectivity index (χ0) is 29.3. The number of alkyl halides is 3. The number of halogens is 3. The molecule has 0 saturated carbocycles. The number of thioether (sulfide) groups is 1. The van der Waals surface area contributed by atoms with Crippen LogP contribution in [-0.2, 0) is 6.18 Å². The van der Waals surface area contributed by atoms with Gasteiger partial charge in [-0.15, -0.1) is 0 Å². The highest BCUT2D eigenvalue weighted by Gasteiger charge is 2.30. The van der Waals surface area contributed by atoms with Crippen molar-refractivity contribution >= 4 is 33.1 Å². The Morgan fingerprint density at radius 3 is 1.86 bits per heavy atom. The van der Waals surface area contributed by atoms with Crippen molar-refractivity contribution in [1.29, 1.82) is 0 Å². The van der Waals surface area contributed by atoms with Gasteiger partial charge in [0.2, 0.25) is 0 Å². The second kappa shape index (κ2) is 11.3. The molecule has 0 radical (unpaired) electrons. The van der Waals surface area contributed by atoms with E-state index >= 15 is 0 Å². The average Bonchev–Trinajstić information content (AvgIpc) is 3.01. The van der Waals surface area contributed by atoms with Crippen molar-refractivity contribution in [3.05, 3.63) is 151 Å². The molecule has 0 aromatic heterocycles. The Bertz CT molecular complexity index is 1920. The number of fused-ring (bicyclic) bond motifs is 1. The number of benzene rings is 6. The topological polar surface area (TPSA) is 26.0 Å². The van der Waals surface area contributed by atoms with Gasteiger partial charge in [0.15, 0.2) is 0 Å². The molecule has 1 nitrogen and oxygen atoms in total. The van der Waals surface area contributed by atoms with Crippen LogP contribution in [0.3, 0.4) is 0 Å². The molecule has 6 aromatic rings. The van der Waals surface area contributed by atoms with Crippen molar-refractivity contribution in [2.75, 3.05) is 5.73 Å². The van der Waals surface area contributed by atoms with Crippen molar-refractivity contribution in [2.24, 2.45) is 0 Å². The summed E-state index contributed by atoms with van der Waals surface area (Å²) < 4.78 is 39.6. The molecular weight excluding hydrogens is 547 g/mol. The number of hydrogen-bond acceptors (Lipinski definition) is 2. The summed E-state index contributed by atoms with van der Waals surface area (Å²) in [7, 11) is 0. The minimum atomic E-state index is -4.37. The van der Waals surface area contributed by atoms with Gasteiger partial charge in [-0.2, -0.15) is 13.2 Å². The van der Waals surface area contributed by atoms with Gasteiger partial charge in [0.1, 0.15) is 0 Å². The van der Waals surface area contributed by atoms with E-state index in [4.69, 9.17) is 5.73 Å². The summed E-state index contributed by atoms with van der Waals surface area (Å²) >= 11 is 1.57. The molecule has 0 amide bonds. The van der Waals surface area contributed by atoms with Crippen LogP contribution in [0.1, 0.15) is 11.1 Å². The molecule has 0 unspecified atom stereocenters. The predicted octanol–water partition coefficient (Wildman–Crippen LogP) is 11.2. The first-order valence-corrected chi connectivity index (χ1v) is 14.2. The summed E-state index contributed by atoms with van der Waals surface area (Å²) in [6.45, 7) is 4.37. The maximum absolute atomic E-state index is 13.2. The number of rotatable bonds is 6. The third kappa shape index (κ3) is 5.56. The molecule has 0 heterocycles. The number of nitrogen functional groups attached to an aromatic ring is 1. The van der Waals surface area contributed by atoms with E-state index in [9.17, 15) is 13.2 Å². The van der Waals surface area contributed by atoms with E-state index in [1.165, 1.54) is 12.1 Å². The van der Waals surface area contributed by atoms with Crippen LogP contribution in [0.5, 0.6) is 0 Å². The van der Waals surface area contributed by atoms with Gasteiger partial charge in [0.25, 0.3) is 0 Å². The summed E-state index contributed by atoms with van der Waals surface area (Å²) in [6, 6.07) is 41.7. The second-order valence-electron chi connectivity index (χ2n) is 10.0. The van der Waals surface area contributed by atoms with Gasteiger partial charge in [0.05, 0.1) is 5.56 Å². The van der Waals surface area contributed by atoms with E-state index in [1.807, 2.05) is 72.8 Å². The van der Waals surface area contributed by atoms with Gasteiger partial charge in [0, 0.05) is 15.5 Å². The number of para-hydroxylation sites is 1. The molecule has 206 valence electrons. The lowest BCUT2D eigenvalue weighted by atomic mass is 9.92. The highest BCUT2D eigenvalue weighted by atomic mass is 32.2. The largest absolute Gasteiger partial charge is 0.416 e. The Hall–Kier alpha value is -4.74. The van der Waals surface area contributed by atoms with E-state index in [0.29, 0.717) is 5.56 Å². The Kier molecular flexibility index (Phi) is 7.36. The smallest absolute Gasteiger partial charge is 0.398 e. The second-order valence-corrected chi connectivity index (χ2v) is 11.1. The van der Waals surface area contributed by atoms with Crippen molar-refractivity contribution in [2.45, 2.75) is 11.1 Å². The monoisotopic (exact) mass is 573 g/mol. The Labute approximate surface area is 247 Å². The predicted molar refractivity (Wildman–Crippen MR) is 171 cm³/mol. The molecule has 0 aliphatic carbocycles. The fourth-order valence-electron chi connectivity index (χ4n) is 5.15. The lowest BCUT2D eigenvalue weighted by molar-refractivity contribution is -0.137. The third-order valence-electron chi connectivity index (χ3n) is 7.29. The van der Waals surface area contributed by atoms with E-state index in [0.717, 1.165) is 65.7 Å². The third-order valence-corrected chi connectivity index (χ3v) is 8.35. The number of hydrogen-bond donors (Lipinski definition) is 1. The fourth-order valence-corrected chi connectivity index (χ4v) is 6.04. The van der Waals surface area contributed by atoms with Crippen LogP contribution < -0.4 is 5.73 Å². The fraction of sp³-hybridized carbons (Fsp3) is 0.0270. The van der Waals surface area contributed by atoms with Crippen molar-refractivity contribution in [3.63, 3.8) is 0 Å². The van der Waals surface area contributed by atoms with Gasteiger partial charge in [-0.3, -0.25) is 0 Å². The van der Waals surface area contributed by atoms with Crippen LogP contribution >= 0.6 is 11.8 Å². The van der Waals surface area contributed by atoms with E-state index < -0.39 is 11.7 Å². The summed E-state index contributed by atoms with van der Waals surface area (Å²) in [5.41, 5.74) is 12.8. The lowest BCUT2D eigenvalue weighted by Crippen LogP contribution is -2.04. The molecule has 0 aliphatic heterocycles. The molecule has 0 spiro atoms. The molecule has 6 rings (SSSR count). The Morgan fingerprint density at radius 1 is 0.571 bits per heavy atom. The van der Waals surface area contributed by atoms with E-state index in [-0.39, 0.29) is 0 Å². The minimum Gasteiger partial charge on any atom is -0.398 e. The van der Waals surface area contributed by atoms with Gasteiger partial charge >= 0.3 is 6.18 Å². The van der Waals surface area contributed by atoms with Crippen LogP contribution in [-0.4, -0.2) is 0 Å². The van der Waals surface area contributed by atoms with Crippen LogP contribution in [0.2, 0.25) is 0 Å². The minimum absolute atomic E-state index is 0.534. The van der Waals surface area contributed by atoms with Crippen LogP contribution in [0.25, 0.3) is 49.1 Å². The van der Waals surface area contributed by atoms with Gasteiger partial charge in [-0.05, 0) is 80.0 Å². The van der Waals surface area contributed by atoms with E-state index in [1.54, 1.807) is 17.8 Å². The van der Waals surface area contributed by atoms with Gasteiger partial charge in [-0.1, -0.05) is 121 Å². The first kappa shape index (κ1) is 27.4.